The molecule has 0 amide bonds. The number of nitrogens with zero attached hydrogens (tertiary/aromatic N) is 2. The van der Waals surface area contributed by atoms with E-state index >= 15 is 0 Å². The third-order valence-electron chi connectivity index (χ3n) is 10.4. The zero-order valence-corrected chi connectivity index (χ0v) is 30.3. The number of halogens is 3. The van der Waals surface area contributed by atoms with E-state index in [2.05, 4.69) is 30.9 Å². The number of aromatic carboxylic acids is 1. The molecule has 51 heavy (non-hydrogen) atoms. The molecule has 0 bridgehead atoms. The predicted molar refractivity (Wildman–Crippen MR) is 195 cm³/mol. The second-order valence-electron chi connectivity index (χ2n) is 14.4. The molecule has 0 atom stereocenters. The minimum atomic E-state index is -2.72. The number of ketones is 1. The number of rotatable bonds is 17. The zero-order chi connectivity index (χ0) is 36.2. The number of allylic oxidation sites excluding steroid dienone is 5. The normalized spacial score (nSPS) is 18.5. The van der Waals surface area contributed by atoms with Crippen LogP contribution >= 0.6 is 11.6 Å². The number of anilines is 1. The molecule has 2 aliphatic carbocycles. The Balaban J connectivity index is 1.25. The average molecular weight is 721 g/mol. The first-order valence-corrected chi connectivity index (χ1v) is 18.7. The molecule has 0 saturated carbocycles. The lowest BCUT2D eigenvalue weighted by molar-refractivity contribution is -0.638. The standard InChI is InChI=1S/C41H47ClF2N2O5/c1-40(2)35-24-29(45-17-8-18-45)11-14-32(35)38(33-15-12-30(25-36(33)40)46-26-41(43,44)27-46)34-23-28(10-13-31(34)39(48)49)37(47)9-7-20-51-22-21-50-19-6-4-3-5-16-42/h10-15,23-25H,3-9,16-22,26-27H2,1-2H3. The molecular formula is C41H47ClF2N2O5. The molecule has 7 nitrogen and oxygen atoms in total. The molecular weight excluding hydrogens is 674 g/mol. The molecule has 6 rings (SSSR count). The molecule has 2 heterocycles. The van der Waals surface area contributed by atoms with Gasteiger partial charge in [-0.2, -0.15) is 8.78 Å². The van der Waals surface area contributed by atoms with Gasteiger partial charge in [-0.3, -0.25) is 4.79 Å². The first kappa shape index (κ1) is 37.1. The van der Waals surface area contributed by atoms with Crippen LogP contribution in [0.3, 0.4) is 0 Å². The average Bonchev–Trinajstić information content (AvgIpc) is 3.07. The maximum absolute atomic E-state index is 13.9. The molecule has 0 unspecified atom stereocenters. The molecule has 0 aromatic heterocycles. The molecule has 0 N–H and O–H groups in total. The Morgan fingerprint density at radius 1 is 0.902 bits per heavy atom. The molecule has 2 fully saturated rings. The molecule has 2 aromatic carbocycles. The van der Waals surface area contributed by atoms with Gasteiger partial charge in [0, 0.05) is 73.0 Å². The number of carboxylic acids is 1. The van der Waals surface area contributed by atoms with E-state index in [-0.39, 0.29) is 30.9 Å². The van der Waals surface area contributed by atoms with E-state index in [1.54, 1.807) is 16.7 Å². The summed E-state index contributed by atoms with van der Waals surface area (Å²) in [6.07, 6.45) is 11.8. The van der Waals surface area contributed by atoms with Gasteiger partial charge < -0.3 is 24.3 Å². The van der Waals surface area contributed by atoms with Crippen molar-refractivity contribution in [2.75, 3.05) is 63.4 Å². The Labute approximate surface area is 304 Å². The summed E-state index contributed by atoms with van der Waals surface area (Å²) in [5, 5.41) is 12.6. The van der Waals surface area contributed by atoms with Crippen molar-refractivity contribution >= 4 is 40.3 Å². The summed E-state index contributed by atoms with van der Waals surface area (Å²) in [7, 11) is 0. The third kappa shape index (κ3) is 8.21. The van der Waals surface area contributed by atoms with E-state index in [1.165, 1.54) is 6.07 Å². The van der Waals surface area contributed by atoms with Gasteiger partial charge in [-0.05, 0) is 83.4 Å². The number of carbonyl (C=O) groups is 2. The first-order valence-electron chi connectivity index (χ1n) is 18.1. The van der Waals surface area contributed by atoms with E-state index in [4.69, 9.17) is 21.1 Å². The molecule has 2 aliphatic heterocycles. The Hall–Kier alpha value is -3.66. The maximum atomic E-state index is 13.9. The lowest BCUT2D eigenvalue weighted by Gasteiger charge is -2.41. The SMILES string of the molecule is CC1(C)C2=CC(=[N+]3CC(F)(F)C3)C=CC2=C(c2cc(C(=O)CCCOCCOCCCCCCCl)ccc2C(=O)[O-])c2ccc(N3CCC3)cc21. The van der Waals surface area contributed by atoms with Gasteiger partial charge in [-0.15, -0.1) is 11.6 Å². The fraction of sp³-hybridized carbons (Fsp3) is 0.488. The van der Waals surface area contributed by atoms with Crippen LogP contribution in [-0.2, 0) is 14.9 Å². The number of hydrogen-bond donors (Lipinski definition) is 0. The van der Waals surface area contributed by atoms with E-state index in [9.17, 15) is 23.5 Å². The van der Waals surface area contributed by atoms with Crippen molar-refractivity contribution in [3.8, 4) is 0 Å². The number of fused-ring (bicyclic) bond motifs is 2. The van der Waals surface area contributed by atoms with E-state index in [0.717, 1.165) is 73.2 Å². The lowest BCUT2D eigenvalue weighted by Crippen LogP contribution is -2.52. The molecule has 4 aliphatic rings. The summed E-state index contributed by atoms with van der Waals surface area (Å²) in [5.74, 6) is -3.48. The van der Waals surface area contributed by atoms with Crippen LogP contribution < -0.4 is 10.0 Å². The summed E-state index contributed by atoms with van der Waals surface area (Å²) >= 11 is 5.71. The summed E-state index contributed by atoms with van der Waals surface area (Å²) in [6, 6.07) is 11.0. The summed E-state index contributed by atoms with van der Waals surface area (Å²) < 4.78 is 40.7. The van der Waals surface area contributed by atoms with Crippen LogP contribution in [0.4, 0.5) is 14.5 Å². The van der Waals surface area contributed by atoms with Gasteiger partial charge >= 0.3 is 5.92 Å². The molecule has 272 valence electrons. The number of unbranched alkanes of at least 4 members (excludes halogenated alkanes) is 3. The van der Waals surface area contributed by atoms with E-state index in [1.807, 2.05) is 24.3 Å². The van der Waals surface area contributed by atoms with E-state index < -0.39 is 17.3 Å². The fourth-order valence-corrected chi connectivity index (χ4v) is 7.52. The van der Waals surface area contributed by atoms with Gasteiger partial charge in [0.1, 0.15) is 0 Å². The maximum Gasteiger partial charge on any atom is 0.361 e. The van der Waals surface area contributed by atoms with Crippen molar-refractivity contribution in [3.05, 3.63) is 93.6 Å². The Kier molecular flexibility index (Phi) is 11.6. The largest absolute Gasteiger partial charge is 0.545 e. The topological polar surface area (TPSA) is 81.9 Å². The monoisotopic (exact) mass is 720 g/mol. The number of Topliss-reactive ketones (excluding diaryl/α,β-unsaturated/α-hetero) is 1. The number of carboxylic acid groups (broad SMARTS) is 1. The van der Waals surface area contributed by atoms with Gasteiger partial charge in [0.2, 0.25) is 18.8 Å². The summed E-state index contributed by atoms with van der Waals surface area (Å²) in [4.78, 5) is 28.4. The third-order valence-corrected chi connectivity index (χ3v) is 10.7. The van der Waals surface area contributed by atoms with Gasteiger partial charge in [0.25, 0.3) is 0 Å². The van der Waals surface area contributed by atoms with Crippen LogP contribution in [0.2, 0.25) is 0 Å². The van der Waals surface area contributed by atoms with Crippen molar-refractivity contribution < 1.29 is 37.5 Å². The van der Waals surface area contributed by atoms with E-state index in [0.29, 0.717) is 61.1 Å². The summed E-state index contributed by atoms with van der Waals surface area (Å²) in [5.41, 5.74) is 6.33. The number of ether oxygens (including phenoxy) is 2. The van der Waals surface area contributed by atoms with Crippen LogP contribution in [0.15, 0.2) is 65.8 Å². The highest BCUT2D eigenvalue weighted by atomic mass is 35.5. The zero-order valence-electron chi connectivity index (χ0n) is 29.6. The highest BCUT2D eigenvalue weighted by Crippen LogP contribution is 2.51. The van der Waals surface area contributed by atoms with Gasteiger partial charge in [-0.25, -0.2) is 4.58 Å². The number of benzene rings is 2. The highest BCUT2D eigenvalue weighted by Gasteiger charge is 2.51. The smallest absolute Gasteiger partial charge is 0.361 e. The Morgan fingerprint density at radius 3 is 2.29 bits per heavy atom. The molecule has 0 radical (unpaired) electrons. The van der Waals surface area contributed by atoms with Crippen molar-refractivity contribution in [2.24, 2.45) is 0 Å². The van der Waals surface area contributed by atoms with Crippen molar-refractivity contribution in [2.45, 2.75) is 70.1 Å². The minimum absolute atomic E-state index is 0.0150. The van der Waals surface area contributed by atoms with Crippen molar-refractivity contribution in [1.82, 2.24) is 0 Å². The van der Waals surface area contributed by atoms with Crippen LogP contribution in [0.1, 0.15) is 96.2 Å². The Bertz CT molecular complexity index is 1780. The second-order valence-corrected chi connectivity index (χ2v) is 14.8. The van der Waals surface area contributed by atoms with Crippen LogP contribution in [0.5, 0.6) is 0 Å². The van der Waals surface area contributed by atoms with Gasteiger partial charge in [0.05, 0.1) is 19.2 Å². The fourth-order valence-electron chi connectivity index (χ4n) is 7.33. The Morgan fingerprint density at radius 2 is 1.63 bits per heavy atom. The van der Waals surface area contributed by atoms with Crippen molar-refractivity contribution in [3.63, 3.8) is 0 Å². The highest BCUT2D eigenvalue weighted by molar-refractivity contribution is 6.17. The quantitative estimate of drug-likeness (QED) is 0.0779. The molecule has 10 heteroatoms. The van der Waals surface area contributed by atoms with Crippen LogP contribution in [0.25, 0.3) is 5.57 Å². The van der Waals surface area contributed by atoms with Crippen LogP contribution in [-0.4, -0.2) is 86.4 Å². The molecule has 0 spiro atoms. The predicted octanol–water partition coefficient (Wildman–Crippen LogP) is 6.75. The minimum Gasteiger partial charge on any atom is -0.545 e. The second kappa shape index (κ2) is 15.9. The first-order chi connectivity index (χ1) is 24.5. The molecule has 2 aromatic rings. The summed E-state index contributed by atoms with van der Waals surface area (Å²) in [6.45, 7) is 7.54. The van der Waals surface area contributed by atoms with Gasteiger partial charge in [0.15, 0.2) is 5.78 Å². The lowest BCUT2D eigenvalue weighted by atomic mass is 9.64. The number of carbonyl (C=O) groups excluding carboxylic acids is 2. The molecule has 2 saturated heterocycles. The number of alkyl halides is 3. The van der Waals surface area contributed by atoms with Crippen LogP contribution in [0, 0.1) is 0 Å². The van der Waals surface area contributed by atoms with Crippen molar-refractivity contribution in [1.29, 1.82) is 0 Å². The van der Waals surface area contributed by atoms with Gasteiger partial charge in [-0.1, -0.05) is 44.9 Å². The number of hydrogen-bond acceptors (Lipinski definition) is 6.